The Morgan fingerprint density at radius 2 is 1.94 bits per heavy atom. The fraction of sp³-hybridized carbons (Fsp3) is 0.333. The lowest BCUT2D eigenvalue weighted by atomic mass is 10.1. The molecule has 1 aromatic heterocycles. The van der Waals surface area contributed by atoms with E-state index in [4.69, 9.17) is 5.73 Å². The van der Waals surface area contributed by atoms with Gasteiger partial charge in [0.05, 0.1) is 6.54 Å². The molecule has 0 radical (unpaired) electrons. The Bertz CT molecular complexity index is 478. The number of nitrogen functional groups attached to an aromatic ring is 1. The molecule has 0 amide bonds. The average molecular weight is 248 g/mol. The topological polar surface area (TPSA) is 55.0 Å². The molecule has 2 N–H and O–H groups in total. The minimum atomic E-state index is 0.523. The minimum absolute atomic E-state index is 0.523. The van der Waals surface area contributed by atoms with Crippen LogP contribution in [0.3, 0.4) is 0 Å². The number of aryl methyl sites for hydroxylation is 1. The van der Waals surface area contributed by atoms with Crippen molar-refractivity contribution in [1.29, 1.82) is 0 Å². The normalized spacial score (nSPS) is 10.5. The maximum Gasteiger partial charge on any atom is 0.203 e. The van der Waals surface area contributed by atoms with Crippen LogP contribution >= 0.6 is 11.3 Å². The molecule has 0 fully saturated rings. The van der Waals surface area contributed by atoms with Crippen molar-refractivity contribution >= 4 is 22.2 Å². The van der Waals surface area contributed by atoms with E-state index in [2.05, 4.69) is 46.3 Å². The summed E-state index contributed by atoms with van der Waals surface area (Å²) in [5.41, 5.74) is 8.08. The van der Waals surface area contributed by atoms with Gasteiger partial charge in [0, 0.05) is 12.7 Å². The zero-order valence-corrected chi connectivity index (χ0v) is 10.9. The number of benzene rings is 1. The van der Waals surface area contributed by atoms with Gasteiger partial charge in [-0.25, -0.2) is 0 Å². The molecule has 2 aromatic rings. The van der Waals surface area contributed by atoms with E-state index in [1.165, 1.54) is 22.6 Å². The van der Waals surface area contributed by atoms with E-state index >= 15 is 0 Å². The van der Waals surface area contributed by atoms with Crippen LogP contribution in [-0.4, -0.2) is 17.2 Å². The van der Waals surface area contributed by atoms with Gasteiger partial charge in [0.25, 0.3) is 0 Å². The smallest absolute Gasteiger partial charge is 0.203 e. The predicted molar refractivity (Wildman–Crippen MR) is 72.2 cm³/mol. The monoisotopic (exact) mass is 248 g/mol. The Morgan fingerprint density at radius 3 is 2.47 bits per heavy atom. The lowest BCUT2D eigenvalue weighted by molar-refractivity contribution is 0.881. The molecule has 90 valence electrons. The first kappa shape index (κ1) is 11.9. The maximum absolute atomic E-state index is 5.56. The Hall–Kier alpha value is -1.62. The first-order valence-electron chi connectivity index (χ1n) is 5.57. The molecule has 0 aliphatic carbocycles. The van der Waals surface area contributed by atoms with Gasteiger partial charge in [-0.3, -0.25) is 0 Å². The number of hydrogen-bond acceptors (Lipinski definition) is 5. The third-order valence-corrected chi connectivity index (χ3v) is 3.38. The van der Waals surface area contributed by atoms with Gasteiger partial charge in [0.15, 0.2) is 0 Å². The summed E-state index contributed by atoms with van der Waals surface area (Å²) in [5.74, 6) is 0. The van der Waals surface area contributed by atoms with Crippen LogP contribution < -0.4 is 10.6 Å². The number of nitrogens with two attached hydrogens (primary N) is 1. The molecule has 0 aliphatic heterocycles. The van der Waals surface area contributed by atoms with E-state index in [1.807, 2.05) is 7.05 Å². The summed E-state index contributed by atoms with van der Waals surface area (Å²) < 4.78 is 0. The van der Waals surface area contributed by atoms with Crippen LogP contribution in [0.2, 0.25) is 0 Å². The van der Waals surface area contributed by atoms with Gasteiger partial charge >= 0.3 is 0 Å². The molecule has 0 saturated carbocycles. The predicted octanol–water partition coefficient (Wildman–Crippen LogP) is 2.32. The van der Waals surface area contributed by atoms with E-state index in [0.717, 1.165) is 18.0 Å². The quantitative estimate of drug-likeness (QED) is 0.902. The molecular weight excluding hydrogens is 232 g/mol. The van der Waals surface area contributed by atoms with Crippen molar-refractivity contribution in [2.75, 3.05) is 17.7 Å². The van der Waals surface area contributed by atoms with Crippen LogP contribution in [0.4, 0.5) is 10.8 Å². The number of rotatable bonds is 4. The Labute approximate surface area is 105 Å². The van der Waals surface area contributed by atoms with Crippen molar-refractivity contribution < 1.29 is 0 Å². The van der Waals surface area contributed by atoms with Gasteiger partial charge in [-0.15, -0.1) is 10.2 Å². The summed E-state index contributed by atoms with van der Waals surface area (Å²) in [6, 6.07) is 8.56. The van der Waals surface area contributed by atoms with Crippen LogP contribution in [0.15, 0.2) is 24.3 Å². The van der Waals surface area contributed by atoms with Crippen molar-refractivity contribution in [1.82, 2.24) is 10.2 Å². The SMILES string of the molecule is CCc1ccc(N(C)Cc2nnc(N)s2)cc1. The molecule has 0 saturated heterocycles. The minimum Gasteiger partial charge on any atom is -0.374 e. The van der Waals surface area contributed by atoms with E-state index in [9.17, 15) is 0 Å². The fourth-order valence-electron chi connectivity index (χ4n) is 1.61. The molecule has 0 bridgehead atoms. The Morgan fingerprint density at radius 1 is 1.24 bits per heavy atom. The number of hydrogen-bond donors (Lipinski definition) is 1. The third kappa shape index (κ3) is 2.94. The number of aromatic nitrogens is 2. The highest BCUT2D eigenvalue weighted by atomic mass is 32.1. The molecule has 2 rings (SSSR count). The van der Waals surface area contributed by atoms with Crippen LogP contribution in [0, 0.1) is 0 Å². The van der Waals surface area contributed by atoms with E-state index in [-0.39, 0.29) is 0 Å². The first-order chi connectivity index (χ1) is 8.19. The van der Waals surface area contributed by atoms with Crippen LogP contribution in [0.1, 0.15) is 17.5 Å². The molecule has 1 heterocycles. The van der Waals surface area contributed by atoms with Gasteiger partial charge in [-0.1, -0.05) is 30.4 Å². The molecule has 1 aromatic carbocycles. The van der Waals surface area contributed by atoms with Crippen molar-refractivity contribution in [3.05, 3.63) is 34.8 Å². The highest BCUT2D eigenvalue weighted by Crippen LogP contribution is 2.19. The molecule has 0 unspecified atom stereocenters. The number of anilines is 2. The zero-order valence-electron chi connectivity index (χ0n) is 10.1. The summed E-state index contributed by atoms with van der Waals surface area (Å²) in [6.45, 7) is 2.89. The summed E-state index contributed by atoms with van der Waals surface area (Å²) in [6.07, 6.45) is 1.07. The Kier molecular flexibility index (Phi) is 3.58. The van der Waals surface area contributed by atoms with Crippen LogP contribution in [0.5, 0.6) is 0 Å². The molecule has 0 spiro atoms. The molecule has 17 heavy (non-hydrogen) atoms. The van der Waals surface area contributed by atoms with Crippen molar-refractivity contribution in [3.63, 3.8) is 0 Å². The van der Waals surface area contributed by atoms with Gasteiger partial charge in [-0.2, -0.15) is 0 Å². The van der Waals surface area contributed by atoms with Crippen molar-refractivity contribution in [2.45, 2.75) is 19.9 Å². The van der Waals surface area contributed by atoms with Crippen LogP contribution in [-0.2, 0) is 13.0 Å². The Balaban J connectivity index is 2.06. The second-order valence-electron chi connectivity index (χ2n) is 3.91. The van der Waals surface area contributed by atoms with E-state index in [0.29, 0.717) is 5.13 Å². The highest BCUT2D eigenvalue weighted by molar-refractivity contribution is 7.15. The second kappa shape index (κ2) is 5.14. The van der Waals surface area contributed by atoms with Crippen molar-refractivity contribution in [2.24, 2.45) is 0 Å². The summed E-state index contributed by atoms with van der Waals surface area (Å²) >= 11 is 1.43. The molecule has 0 atom stereocenters. The van der Waals surface area contributed by atoms with E-state index < -0.39 is 0 Å². The van der Waals surface area contributed by atoms with Gasteiger partial charge in [0.1, 0.15) is 5.01 Å². The summed E-state index contributed by atoms with van der Waals surface area (Å²) in [5, 5.41) is 9.28. The van der Waals surface area contributed by atoms with Gasteiger partial charge in [0.2, 0.25) is 5.13 Å². The van der Waals surface area contributed by atoms with Crippen LogP contribution in [0.25, 0.3) is 0 Å². The molecule has 5 heteroatoms. The maximum atomic E-state index is 5.56. The second-order valence-corrected chi connectivity index (χ2v) is 5.00. The number of nitrogens with zero attached hydrogens (tertiary/aromatic N) is 3. The average Bonchev–Trinajstić information content (AvgIpc) is 2.75. The van der Waals surface area contributed by atoms with Gasteiger partial charge < -0.3 is 10.6 Å². The van der Waals surface area contributed by atoms with E-state index in [1.54, 1.807) is 0 Å². The molecule has 4 nitrogen and oxygen atoms in total. The standard InChI is InChI=1S/C12H16N4S/c1-3-9-4-6-10(7-5-9)16(2)8-11-14-15-12(13)17-11/h4-7H,3,8H2,1-2H3,(H2,13,15). The lowest BCUT2D eigenvalue weighted by Gasteiger charge is -2.17. The zero-order chi connectivity index (χ0) is 12.3. The summed E-state index contributed by atoms with van der Waals surface area (Å²) in [7, 11) is 2.04. The fourth-order valence-corrected chi connectivity index (χ4v) is 2.27. The first-order valence-corrected chi connectivity index (χ1v) is 6.38. The lowest BCUT2D eigenvalue weighted by Crippen LogP contribution is -2.16. The summed E-state index contributed by atoms with van der Waals surface area (Å²) in [4.78, 5) is 2.14. The third-order valence-electron chi connectivity index (χ3n) is 2.64. The highest BCUT2D eigenvalue weighted by Gasteiger charge is 2.06. The van der Waals surface area contributed by atoms with Gasteiger partial charge in [-0.05, 0) is 24.1 Å². The molecule has 0 aliphatic rings. The molecular formula is C12H16N4S. The largest absolute Gasteiger partial charge is 0.374 e. The van der Waals surface area contributed by atoms with Crippen molar-refractivity contribution in [3.8, 4) is 0 Å².